The Morgan fingerprint density at radius 2 is 1.79 bits per heavy atom. The van der Waals surface area contributed by atoms with Gasteiger partial charge in [-0.05, 0) is 37.8 Å². The van der Waals surface area contributed by atoms with E-state index in [1.807, 2.05) is 6.92 Å². The van der Waals surface area contributed by atoms with Gasteiger partial charge >= 0.3 is 0 Å². The van der Waals surface area contributed by atoms with Gasteiger partial charge in [0.05, 0.1) is 5.69 Å². The van der Waals surface area contributed by atoms with E-state index in [4.69, 9.17) is 0 Å². The smallest absolute Gasteiger partial charge is 0.166 e. The molecule has 0 N–H and O–H groups in total. The van der Waals surface area contributed by atoms with Crippen LogP contribution in [0.2, 0.25) is 0 Å². The molecule has 14 heavy (non-hydrogen) atoms. The SMILES string of the molecule is Cc1c(C)c(C=O)n(CC(C)C)c1C. The number of aromatic nitrogens is 1. The highest BCUT2D eigenvalue weighted by molar-refractivity contribution is 5.76. The van der Waals surface area contributed by atoms with E-state index in [9.17, 15) is 4.79 Å². The Kier molecular flexibility index (Phi) is 3.14. The molecule has 1 heterocycles. The van der Waals surface area contributed by atoms with E-state index in [2.05, 4.69) is 32.3 Å². The average Bonchev–Trinajstić information content (AvgIpc) is 2.31. The van der Waals surface area contributed by atoms with Gasteiger partial charge in [-0.1, -0.05) is 13.8 Å². The third-order valence-corrected chi connectivity index (χ3v) is 2.84. The van der Waals surface area contributed by atoms with Crippen molar-refractivity contribution < 1.29 is 4.79 Å². The summed E-state index contributed by atoms with van der Waals surface area (Å²) in [6.45, 7) is 11.4. The summed E-state index contributed by atoms with van der Waals surface area (Å²) in [5.41, 5.74) is 4.43. The van der Waals surface area contributed by atoms with Crippen LogP contribution in [0.15, 0.2) is 0 Å². The Morgan fingerprint density at radius 3 is 2.21 bits per heavy atom. The maximum atomic E-state index is 11.0. The standard InChI is InChI=1S/C12H19NO/c1-8(2)6-13-11(5)9(3)10(4)12(13)7-14/h7-8H,6H2,1-5H3. The number of aldehydes is 1. The first-order chi connectivity index (χ1) is 6.49. The molecule has 2 heteroatoms. The zero-order valence-electron chi connectivity index (χ0n) is 9.72. The zero-order valence-corrected chi connectivity index (χ0v) is 9.72. The van der Waals surface area contributed by atoms with Crippen LogP contribution in [0.4, 0.5) is 0 Å². The second-order valence-electron chi connectivity index (χ2n) is 4.34. The molecule has 0 aliphatic heterocycles. The number of rotatable bonds is 3. The van der Waals surface area contributed by atoms with E-state index in [1.54, 1.807) is 0 Å². The summed E-state index contributed by atoms with van der Waals surface area (Å²) in [5.74, 6) is 0.568. The van der Waals surface area contributed by atoms with Crippen molar-refractivity contribution in [1.82, 2.24) is 4.57 Å². The molecule has 0 aromatic carbocycles. The highest BCUT2D eigenvalue weighted by Crippen LogP contribution is 2.20. The lowest BCUT2D eigenvalue weighted by atomic mass is 10.2. The summed E-state index contributed by atoms with van der Waals surface area (Å²) in [6.07, 6.45) is 0.970. The van der Waals surface area contributed by atoms with E-state index in [1.165, 1.54) is 11.3 Å². The fourth-order valence-corrected chi connectivity index (χ4v) is 1.80. The van der Waals surface area contributed by atoms with Crippen LogP contribution in [-0.2, 0) is 6.54 Å². The molecule has 0 atom stereocenters. The minimum absolute atomic E-state index is 0.568. The predicted molar refractivity (Wildman–Crippen MR) is 58.9 cm³/mol. The van der Waals surface area contributed by atoms with Gasteiger partial charge in [0.15, 0.2) is 6.29 Å². The van der Waals surface area contributed by atoms with Crippen LogP contribution in [0, 0.1) is 26.7 Å². The van der Waals surface area contributed by atoms with Gasteiger partial charge in [0, 0.05) is 12.2 Å². The second kappa shape index (κ2) is 3.99. The van der Waals surface area contributed by atoms with Crippen LogP contribution >= 0.6 is 0 Å². The number of hydrogen-bond donors (Lipinski definition) is 0. The van der Waals surface area contributed by atoms with E-state index >= 15 is 0 Å². The molecule has 0 saturated heterocycles. The normalized spacial score (nSPS) is 11.0. The van der Waals surface area contributed by atoms with E-state index < -0.39 is 0 Å². The molecule has 0 saturated carbocycles. The lowest BCUT2D eigenvalue weighted by molar-refractivity contribution is 0.111. The molecule has 0 spiro atoms. The van der Waals surface area contributed by atoms with Gasteiger partial charge < -0.3 is 4.57 Å². The molecule has 1 rings (SSSR count). The molecule has 0 aliphatic rings. The van der Waals surface area contributed by atoms with Gasteiger partial charge in [-0.2, -0.15) is 0 Å². The van der Waals surface area contributed by atoms with Crippen molar-refractivity contribution in [2.24, 2.45) is 5.92 Å². The molecular formula is C12H19NO. The molecule has 2 nitrogen and oxygen atoms in total. The summed E-state index contributed by atoms with van der Waals surface area (Å²) >= 11 is 0. The van der Waals surface area contributed by atoms with Crippen molar-refractivity contribution in [2.75, 3.05) is 0 Å². The molecule has 0 unspecified atom stereocenters. The number of hydrogen-bond acceptors (Lipinski definition) is 1. The largest absolute Gasteiger partial charge is 0.342 e. The Morgan fingerprint density at radius 1 is 1.21 bits per heavy atom. The van der Waals surface area contributed by atoms with Gasteiger partial charge in [-0.25, -0.2) is 0 Å². The molecule has 1 aromatic rings. The van der Waals surface area contributed by atoms with E-state index in [-0.39, 0.29) is 0 Å². The summed E-state index contributed by atoms with van der Waals surface area (Å²) in [6, 6.07) is 0. The number of carbonyl (C=O) groups is 1. The Labute approximate surface area is 85.9 Å². The summed E-state index contributed by atoms with van der Waals surface area (Å²) in [7, 11) is 0. The van der Waals surface area contributed by atoms with Gasteiger partial charge in [0.1, 0.15) is 0 Å². The van der Waals surface area contributed by atoms with Crippen LogP contribution in [0.5, 0.6) is 0 Å². The van der Waals surface area contributed by atoms with Crippen molar-refractivity contribution in [3.63, 3.8) is 0 Å². The first-order valence-corrected chi connectivity index (χ1v) is 5.10. The second-order valence-corrected chi connectivity index (χ2v) is 4.34. The summed E-state index contributed by atoms with van der Waals surface area (Å²) in [5, 5.41) is 0. The van der Waals surface area contributed by atoms with Crippen molar-refractivity contribution >= 4 is 6.29 Å². The van der Waals surface area contributed by atoms with Gasteiger partial charge in [0.25, 0.3) is 0 Å². The van der Waals surface area contributed by atoms with Gasteiger partial charge in [-0.15, -0.1) is 0 Å². The van der Waals surface area contributed by atoms with Crippen molar-refractivity contribution in [3.05, 3.63) is 22.5 Å². The molecule has 0 bridgehead atoms. The van der Waals surface area contributed by atoms with Crippen molar-refractivity contribution in [2.45, 2.75) is 41.2 Å². The van der Waals surface area contributed by atoms with Crippen LogP contribution in [0.1, 0.15) is 41.2 Å². The first-order valence-electron chi connectivity index (χ1n) is 5.10. The fourth-order valence-electron chi connectivity index (χ4n) is 1.80. The molecule has 1 aromatic heterocycles. The average molecular weight is 193 g/mol. The maximum Gasteiger partial charge on any atom is 0.166 e. The highest BCUT2D eigenvalue weighted by Gasteiger charge is 2.13. The molecule has 0 radical (unpaired) electrons. The highest BCUT2D eigenvalue weighted by atomic mass is 16.1. The third kappa shape index (κ3) is 1.74. The third-order valence-electron chi connectivity index (χ3n) is 2.84. The molecule has 0 aliphatic carbocycles. The van der Waals surface area contributed by atoms with Gasteiger partial charge in [-0.3, -0.25) is 4.79 Å². The lowest BCUT2D eigenvalue weighted by Gasteiger charge is -2.11. The zero-order chi connectivity index (χ0) is 10.9. The lowest BCUT2D eigenvalue weighted by Crippen LogP contribution is -2.09. The number of nitrogens with zero attached hydrogens (tertiary/aromatic N) is 1. The topological polar surface area (TPSA) is 22.0 Å². The summed E-state index contributed by atoms with van der Waals surface area (Å²) < 4.78 is 2.13. The molecule has 0 amide bonds. The van der Waals surface area contributed by atoms with Crippen molar-refractivity contribution in [3.8, 4) is 0 Å². The molecule has 78 valence electrons. The van der Waals surface area contributed by atoms with Crippen LogP contribution in [0.25, 0.3) is 0 Å². The first kappa shape index (κ1) is 11.0. The van der Waals surface area contributed by atoms with Crippen molar-refractivity contribution in [1.29, 1.82) is 0 Å². The fraction of sp³-hybridized carbons (Fsp3) is 0.583. The summed E-state index contributed by atoms with van der Waals surface area (Å²) in [4.78, 5) is 11.0. The number of carbonyl (C=O) groups excluding carboxylic acids is 1. The minimum atomic E-state index is 0.568. The Balaban J connectivity index is 3.25. The van der Waals surface area contributed by atoms with Gasteiger partial charge in [0.2, 0.25) is 0 Å². The van der Waals surface area contributed by atoms with E-state index in [0.717, 1.165) is 24.1 Å². The monoisotopic (exact) mass is 193 g/mol. The molecule has 0 fully saturated rings. The minimum Gasteiger partial charge on any atom is -0.342 e. The van der Waals surface area contributed by atoms with Crippen LogP contribution in [-0.4, -0.2) is 10.9 Å². The maximum absolute atomic E-state index is 11.0. The van der Waals surface area contributed by atoms with Crippen LogP contribution < -0.4 is 0 Å². The molecular weight excluding hydrogens is 174 g/mol. The Bertz CT molecular complexity index is 348. The predicted octanol–water partition coefficient (Wildman–Crippen LogP) is 2.88. The van der Waals surface area contributed by atoms with E-state index in [0.29, 0.717) is 5.92 Å². The quantitative estimate of drug-likeness (QED) is 0.676. The Hall–Kier alpha value is -1.05. The van der Waals surface area contributed by atoms with Crippen LogP contribution in [0.3, 0.4) is 0 Å².